The average molecular weight is 398 g/mol. The van der Waals surface area contributed by atoms with E-state index in [1.165, 1.54) is 18.2 Å². The molecule has 0 bridgehead atoms. The van der Waals surface area contributed by atoms with Crippen molar-refractivity contribution in [1.29, 1.82) is 5.26 Å². The Morgan fingerprint density at radius 1 is 1.21 bits per heavy atom. The first-order valence-corrected chi connectivity index (χ1v) is 10.4. The minimum absolute atomic E-state index is 0.102. The standard InChI is InChI=1S/C21H22N2O4S/c1-26-21-8-7-17(13-18(21)16-23-9-11-27-12-10-23)14-20(15-22)28(24,25)19-5-3-2-4-6-19/h2-8,13-14H,9-12,16H2,1H3/b20-14+. The number of allylic oxidation sites excluding steroid dienone is 1. The molecule has 6 nitrogen and oxygen atoms in total. The van der Waals surface area contributed by atoms with Crippen molar-refractivity contribution in [3.63, 3.8) is 0 Å². The molecule has 0 saturated carbocycles. The third-order valence-corrected chi connectivity index (χ3v) is 6.23. The van der Waals surface area contributed by atoms with E-state index in [-0.39, 0.29) is 9.80 Å². The zero-order valence-electron chi connectivity index (χ0n) is 15.7. The summed E-state index contributed by atoms with van der Waals surface area (Å²) in [6, 6.07) is 15.2. The molecule has 1 aliphatic rings. The van der Waals surface area contributed by atoms with Gasteiger partial charge in [-0.1, -0.05) is 24.3 Å². The predicted molar refractivity (Wildman–Crippen MR) is 106 cm³/mol. The molecule has 28 heavy (non-hydrogen) atoms. The molecule has 0 radical (unpaired) electrons. The molecular formula is C21H22N2O4S. The summed E-state index contributed by atoms with van der Waals surface area (Å²) in [5, 5.41) is 9.47. The molecule has 0 amide bonds. The van der Waals surface area contributed by atoms with Gasteiger partial charge in [0.2, 0.25) is 9.84 Å². The molecule has 0 aromatic heterocycles. The van der Waals surface area contributed by atoms with Crippen LogP contribution in [0.3, 0.4) is 0 Å². The fraction of sp³-hybridized carbons (Fsp3) is 0.286. The average Bonchev–Trinajstić information content (AvgIpc) is 2.73. The van der Waals surface area contributed by atoms with Crippen LogP contribution in [0.25, 0.3) is 6.08 Å². The van der Waals surface area contributed by atoms with Gasteiger partial charge in [0.1, 0.15) is 16.7 Å². The Morgan fingerprint density at radius 3 is 2.57 bits per heavy atom. The Balaban J connectivity index is 1.93. The lowest BCUT2D eigenvalue weighted by molar-refractivity contribution is 0.0339. The number of sulfone groups is 1. The highest BCUT2D eigenvalue weighted by Crippen LogP contribution is 2.26. The van der Waals surface area contributed by atoms with Crippen LogP contribution in [0.15, 0.2) is 58.3 Å². The van der Waals surface area contributed by atoms with Crippen molar-refractivity contribution in [1.82, 2.24) is 4.90 Å². The van der Waals surface area contributed by atoms with Crippen LogP contribution in [0.1, 0.15) is 11.1 Å². The summed E-state index contributed by atoms with van der Waals surface area (Å²) in [4.78, 5) is 2.06. The van der Waals surface area contributed by atoms with Crippen LogP contribution in [-0.2, 0) is 21.1 Å². The zero-order chi connectivity index (χ0) is 20.0. The Labute approximate surface area is 165 Å². The van der Waals surface area contributed by atoms with E-state index in [0.717, 1.165) is 24.4 Å². The lowest BCUT2D eigenvalue weighted by Crippen LogP contribution is -2.35. The summed E-state index contributed by atoms with van der Waals surface area (Å²) in [5.41, 5.74) is 1.58. The number of hydrogen-bond acceptors (Lipinski definition) is 6. The molecule has 2 aromatic carbocycles. The molecule has 3 rings (SSSR count). The zero-order valence-corrected chi connectivity index (χ0v) is 16.5. The number of nitriles is 1. The van der Waals surface area contributed by atoms with Gasteiger partial charge < -0.3 is 9.47 Å². The fourth-order valence-electron chi connectivity index (χ4n) is 3.06. The maximum Gasteiger partial charge on any atom is 0.216 e. The molecule has 0 N–H and O–H groups in total. The monoisotopic (exact) mass is 398 g/mol. The van der Waals surface area contributed by atoms with Crippen LogP contribution in [0.2, 0.25) is 0 Å². The number of hydrogen-bond donors (Lipinski definition) is 0. The highest BCUT2D eigenvalue weighted by Gasteiger charge is 2.21. The molecule has 0 spiro atoms. The van der Waals surface area contributed by atoms with E-state index in [1.807, 2.05) is 12.1 Å². The van der Waals surface area contributed by atoms with Gasteiger partial charge in [0.15, 0.2) is 0 Å². The lowest BCUT2D eigenvalue weighted by Gasteiger charge is -2.27. The number of ether oxygens (including phenoxy) is 2. The highest BCUT2D eigenvalue weighted by molar-refractivity contribution is 7.95. The maximum atomic E-state index is 12.8. The van der Waals surface area contributed by atoms with Gasteiger partial charge in [0.05, 0.1) is 25.2 Å². The molecule has 0 atom stereocenters. The second kappa shape index (κ2) is 9.02. The first kappa shape index (κ1) is 20.1. The van der Waals surface area contributed by atoms with E-state index in [4.69, 9.17) is 9.47 Å². The van der Waals surface area contributed by atoms with Gasteiger partial charge in [-0.05, 0) is 35.9 Å². The minimum Gasteiger partial charge on any atom is -0.496 e. The van der Waals surface area contributed by atoms with E-state index in [2.05, 4.69) is 4.90 Å². The van der Waals surface area contributed by atoms with Gasteiger partial charge >= 0.3 is 0 Å². The smallest absolute Gasteiger partial charge is 0.216 e. The van der Waals surface area contributed by atoms with Crippen LogP contribution in [0.5, 0.6) is 5.75 Å². The summed E-state index contributed by atoms with van der Waals surface area (Å²) in [6.45, 7) is 3.71. The Kier molecular flexibility index (Phi) is 6.47. The number of methoxy groups -OCH3 is 1. The molecule has 1 aliphatic heterocycles. The van der Waals surface area contributed by atoms with Crippen molar-refractivity contribution in [2.45, 2.75) is 11.4 Å². The van der Waals surface area contributed by atoms with Gasteiger partial charge in [0.25, 0.3) is 0 Å². The number of rotatable bonds is 6. The molecular weight excluding hydrogens is 376 g/mol. The Morgan fingerprint density at radius 2 is 1.93 bits per heavy atom. The molecule has 7 heteroatoms. The normalized spacial score (nSPS) is 15.8. The second-order valence-corrected chi connectivity index (χ2v) is 8.31. The van der Waals surface area contributed by atoms with Crippen molar-refractivity contribution in [3.8, 4) is 11.8 Å². The lowest BCUT2D eigenvalue weighted by atomic mass is 10.1. The van der Waals surface area contributed by atoms with Crippen molar-refractivity contribution in [2.75, 3.05) is 33.4 Å². The van der Waals surface area contributed by atoms with Gasteiger partial charge in [-0.15, -0.1) is 0 Å². The van der Waals surface area contributed by atoms with E-state index in [9.17, 15) is 13.7 Å². The van der Waals surface area contributed by atoms with Crippen LogP contribution < -0.4 is 4.74 Å². The van der Waals surface area contributed by atoms with Crippen molar-refractivity contribution >= 4 is 15.9 Å². The summed E-state index contributed by atoms with van der Waals surface area (Å²) in [6.07, 6.45) is 1.41. The SMILES string of the molecule is COc1ccc(/C=C(\C#N)S(=O)(=O)c2ccccc2)cc1CN1CCOCC1. The van der Waals surface area contributed by atoms with Crippen molar-refractivity contribution in [2.24, 2.45) is 0 Å². The molecule has 2 aromatic rings. The quantitative estimate of drug-likeness (QED) is 0.696. The molecule has 1 saturated heterocycles. The van der Waals surface area contributed by atoms with Crippen molar-refractivity contribution < 1.29 is 17.9 Å². The van der Waals surface area contributed by atoms with Gasteiger partial charge in [0, 0.05) is 25.2 Å². The summed E-state index contributed by atoms with van der Waals surface area (Å²) in [5.74, 6) is 0.730. The summed E-state index contributed by atoms with van der Waals surface area (Å²) in [7, 11) is -2.26. The summed E-state index contributed by atoms with van der Waals surface area (Å²) >= 11 is 0. The third-order valence-electron chi connectivity index (χ3n) is 4.55. The van der Waals surface area contributed by atoms with Crippen LogP contribution in [0.4, 0.5) is 0 Å². The van der Waals surface area contributed by atoms with E-state index >= 15 is 0 Å². The topological polar surface area (TPSA) is 79.6 Å². The fourth-order valence-corrected chi connectivity index (χ4v) is 4.24. The first-order chi connectivity index (χ1) is 13.5. The van der Waals surface area contributed by atoms with Crippen LogP contribution in [0, 0.1) is 11.3 Å². The molecule has 0 unspecified atom stereocenters. The van der Waals surface area contributed by atoms with Crippen LogP contribution >= 0.6 is 0 Å². The second-order valence-electron chi connectivity index (χ2n) is 6.40. The Bertz CT molecular complexity index is 989. The molecule has 1 fully saturated rings. The van der Waals surface area contributed by atoms with Gasteiger partial charge in [-0.2, -0.15) is 5.26 Å². The van der Waals surface area contributed by atoms with Gasteiger partial charge in [-0.3, -0.25) is 4.90 Å². The van der Waals surface area contributed by atoms with E-state index in [1.54, 1.807) is 37.4 Å². The highest BCUT2D eigenvalue weighted by atomic mass is 32.2. The van der Waals surface area contributed by atoms with E-state index < -0.39 is 9.84 Å². The minimum atomic E-state index is -3.86. The van der Waals surface area contributed by atoms with Crippen molar-refractivity contribution in [3.05, 3.63) is 64.6 Å². The van der Waals surface area contributed by atoms with E-state index in [0.29, 0.717) is 25.3 Å². The summed E-state index contributed by atoms with van der Waals surface area (Å²) < 4.78 is 36.3. The number of benzene rings is 2. The van der Waals surface area contributed by atoms with Crippen LogP contribution in [-0.4, -0.2) is 46.7 Å². The first-order valence-electron chi connectivity index (χ1n) is 8.93. The predicted octanol–water partition coefficient (Wildman–Crippen LogP) is 2.87. The molecule has 146 valence electrons. The third kappa shape index (κ3) is 4.60. The maximum absolute atomic E-state index is 12.8. The Hall–Kier alpha value is -2.66. The van der Waals surface area contributed by atoms with Gasteiger partial charge in [-0.25, -0.2) is 8.42 Å². The molecule has 1 heterocycles. The molecule has 0 aliphatic carbocycles. The number of nitrogens with zero attached hydrogens (tertiary/aromatic N) is 2. The largest absolute Gasteiger partial charge is 0.496 e. The number of morpholine rings is 1.